The number of hydrogen-bond donors (Lipinski definition) is 0. The van der Waals surface area contributed by atoms with E-state index in [1.54, 1.807) is 0 Å². The highest BCUT2D eigenvalue weighted by atomic mass is 32.3. The Morgan fingerprint density at radius 1 is 1.26 bits per heavy atom. The molecule has 1 saturated carbocycles. The van der Waals surface area contributed by atoms with Gasteiger partial charge in [-0.15, -0.1) is 3.89 Å². The molecule has 2 fully saturated rings. The van der Waals surface area contributed by atoms with Crippen LogP contribution in [0.4, 0.5) is 8.68 Å². The van der Waals surface area contributed by atoms with Gasteiger partial charge in [0.25, 0.3) is 0 Å². The van der Waals surface area contributed by atoms with Gasteiger partial charge < -0.3 is 9.64 Å². The van der Waals surface area contributed by atoms with Crippen LogP contribution in [0, 0.1) is 0 Å². The van der Waals surface area contributed by atoms with Crippen molar-refractivity contribution < 1.29 is 21.8 Å². The number of hydrogen-bond acceptors (Lipinski definition) is 4. The lowest BCUT2D eigenvalue weighted by molar-refractivity contribution is 0.0664. The zero-order chi connectivity index (χ0) is 16.5. The molecule has 1 atom stereocenters. The molecule has 0 aromatic heterocycles. The zero-order valence-electron chi connectivity index (χ0n) is 12.8. The summed E-state index contributed by atoms with van der Waals surface area (Å²) < 4.78 is 41.3. The summed E-state index contributed by atoms with van der Waals surface area (Å²) in [6, 6.07) is 9.26. The van der Waals surface area contributed by atoms with Crippen LogP contribution in [-0.4, -0.2) is 36.7 Å². The van der Waals surface area contributed by atoms with Gasteiger partial charge in [-0.1, -0.05) is 43.2 Å². The molecular weight excluding hydrogens is 321 g/mol. The van der Waals surface area contributed by atoms with Gasteiger partial charge in [0.1, 0.15) is 11.9 Å². The molecule has 1 aliphatic heterocycles. The Morgan fingerprint density at radius 3 is 2.52 bits per heavy atom. The molecule has 1 spiro atoms. The Bertz CT molecular complexity index is 671. The van der Waals surface area contributed by atoms with Crippen LogP contribution in [0.2, 0.25) is 0 Å². The standard InChI is InChI=1S/C16H20FNO4S/c17-23(20,21)14-10-16(8-4-5-9-16)18(11-14)15(19)22-12-13-6-2-1-3-7-13/h1-3,6-7,14H,4-5,8-12H2. The van der Waals surface area contributed by atoms with Gasteiger partial charge in [0.15, 0.2) is 0 Å². The van der Waals surface area contributed by atoms with Crippen molar-refractivity contribution in [3.63, 3.8) is 0 Å². The number of rotatable bonds is 3. The Balaban J connectivity index is 1.72. The van der Waals surface area contributed by atoms with Gasteiger partial charge in [-0.05, 0) is 24.8 Å². The Labute approximate surface area is 135 Å². The maximum absolute atomic E-state index is 13.4. The van der Waals surface area contributed by atoms with Crippen molar-refractivity contribution in [2.24, 2.45) is 0 Å². The van der Waals surface area contributed by atoms with Crippen molar-refractivity contribution in [2.75, 3.05) is 6.54 Å². The topological polar surface area (TPSA) is 63.7 Å². The predicted octanol–water partition coefficient (Wildman–Crippen LogP) is 3.01. The maximum Gasteiger partial charge on any atom is 0.410 e. The van der Waals surface area contributed by atoms with E-state index in [9.17, 15) is 17.1 Å². The Kier molecular flexibility index (Phi) is 4.31. The van der Waals surface area contributed by atoms with Crippen molar-refractivity contribution >= 4 is 16.3 Å². The van der Waals surface area contributed by atoms with Gasteiger partial charge in [-0.25, -0.2) is 4.79 Å². The first-order valence-electron chi connectivity index (χ1n) is 7.83. The first-order chi connectivity index (χ1) is 10.9. The molecule has 5 nitrogen and oxygen atoms in total. The Morgan fingerprint density at radius 2 is 1.91 bits per heavy atom. The van der Waals surface area contributed by atoms with E-state index in [2.05, 4.69) is 0 Å². The fraction of sp³-hybridized carbons (Fsp3) is 0.562. The van der Waals surface area contributed by atoms with Gasteiger partial charge >= 0.3 is 16.3 Å². The second-order valence-electron chi connectivity index (χ2n) is 6.38. The molecule has 1 aliphatic carbocycles. The van der Waals surface area contributed by atoms with Crippen LogP contribution in [0.25, 0.3) is 0 Å². The third kappa shape index (κ3) is 3.34. The first-order valence-corrected chi connectivity index (χ1v) is 9.27. The highest BCUT2D eigenvalue weighted by molar-refractivity contribution is 7.87. The number of nitrogens with zero attached hydrogens (tertiary/aromatic N) is 1. The quantitative estimate of drug-likeness (QED) is 0.793. The third-order valence-electron chi connectivity index (χ3n) is 4.92. The lowest BCUT2D eigenvalue weighted by Gasteiger charge is -2.33. The maximum atomic E-state index is 13.4. The summed E-state index contributed by atoms with van der Waals surface area (Å²) in [5.41, 5.74) is 0.299. The van der Waals surface area contributed by atoms with Gasteiger partial charge in [0, 0.05) is 12.1 Å². The average Bonchev–Trinajstić information content (AvgIpc) is 3.14. The molecule has 0 bridgehead atoms. The number of carbonyl (C=O) groups is 1. The second kappa shape index (κ2) is 6.11. The summed E-state index contributed by atoms with van der Waals surface area (Å²) in [5.74, 6) is 0. The van der Waals surface area contributed by atoms with E-state index in [0.29, 0.717) is 12.8 Å². The fourth-order valence-corrected chi connectivity index (χ4v) is 4.59. The van der Waals surface area contributed by atoms with Gasteiger partial charge in [-0.3, -0.25) is 0 Å². The van der Waals surface area contributed by atoms with Crippen LogP contribution >= 0.6 is 0 Å². The van der Waals surface area contributed by atoms with Crippen molar-refractivity contribution in [3.05, 3.63) is 35.9 Å². The van der Waals surface area contributed by atoms with Crippen molar-refractivity contribution in [2.45, 2.75) is 49.5 Å². The molecule has 0 N–H and O–H groups in total. The van der Waals surface area contributed by atoms with Gasteiger partial charge in [0.05, 0.1) is 0 Å². The molecule has 126 valence electrons. The van der Waals surface area contributed by atoms with E-state index in [1.165, 1.54) is 4.90 Å². The summed E-state index contributed by atoms with van der Waals surface area (Å²) in [6.07, 6.45) is 2.87. The molecule has 23 heavy (non-hydrogen) atoms. The van der Waals surface area contributed by atoms with Crippen molar-refractivity contribution in [1.82, 2.24) is 4.90 Å². The molecular formula is C16H20FNO4S. The Hall–Kier alpha value is -1.63. The number of amides is 1. The molecule has 3 rings (SSSR count). The lowest BCUT2D eigenvalue weighted by Crippen LogP contribution is -2.45. The van der Waals surface area contributed by atoms with Crippen LogP contribution in [-0.2, 0) is 21.6 Å². The molecule has 0 radical (unpaired) electrons. The van der Waals surface area contributed by atoms with Crippen LogP contribution < -0.4 is 0 Å². The van der Waals surface area contributed by atoms with Crippen molar-refractivity contribution in [3.8, 4) is 0 Å². The minimum absolute atomic E-state index is 0.119. The third-order valence-corrected chi connectivity index (χ3v) is 6.04. The highest BCUT2D eigenvalue weighted by Gasteiger charge is 2.53. The van der Waals surface area contributed by atoms with Gasteiger partial charge in [-0.2, -0.15) is 8.42 Å². The SMILES string of the molecule is O=C(OCc1ccccc1)N1CC(S(=O)(=O)F)CC12CCCC2. The van der Waals surface area contributed by atoms with E-state index < -0.39 is 27.1 Å². The van der Waals surface area contributed by atoms with Crippen molar-refractivity contribution in [1.29, 1.82) is 0 Å². The van der Waals surface area contributed by atoms with Crippen LogP contribution in [0.5, 0.6) is 0 Å². The average molecular weight is 341 g/mol. The largest absolute Gasteiger partial charge is 0.445 e. The van der Waals surface area contributed by atoms with Crippen LogP contribution in [0.3, 0.4) is 0 Å². The molecule has 1 aromatic carbocycles. The van der Waals surface area contributed by atoms with Crippen LogP contribution in [0.1, 0.15) is 37.7 Å². The minimum Gasteiger partial charge on any atom is -0.445 e. The number of benzene rings is 1. The number of likely N-dealkylation sites (tertiary alicyclic amines) is 1. The lowest BCUT2D eigenvalue weighted by atomic mass is 9.94. The molecule has 2 aliphatic rings. The van der Waals surface area contributed by atoms with E-state index >= 15 is 0 Å². The van der Waals surface area contributed by atoms with E-state index in [0.717, 1.165) is 18.4 Å². The smallest absolute Gasteiger partial charge is 0.410 e. The van der Waals surface area contributed by atoms with E-state index in [4.69, 9.17) is 4.74 Å². The molecule has 1 amide bonds. The fourth-order valence-electron chi connectivity index (χ4n) is 3.76. The minimum atomic E-state index is -4.65. The first kappa shape index (κ1) is 16.2. The zero-order valence-corrected chi connectivity index (χ0v) is 13.6. The number of halogens is 1. The summed E-state index contributed by atoms with van der Waals surface area (Å²) in [7, 11) is -4.65. The normalized spacial score (nSPS) is 23.3. The molecule has 1 aromatic rings. The predicted molar refractivity (Wildman–Crippen MR) is 83.0 cm³/mol. The monoisotopic (exact) mass is 341 g/mol. The van der Waals surface area contributed by atoms with E-state index in [1.807, 2.05) is 30.3 Å². The molecule has 1 unspecified atom stereocenters. The summed E-state index contributed by atoms with van der Waals surface area (Å²) in [5, 5.41) is -1.13. The molecule has 1 heterocycles. The van der Waals surface area contributed by atoms with Crippen LogP contribution in [0.15, 0.2) is 30.3 Å². The summed E-state index contributed by atoms with van der Waals surface area (Å²) in [6.45, 7) is 0.00571. The number of carbonyl (C=O) groups excluding carboxylic acids is 1. The second-order valence-corrected chi connectivity index (χ2v) is 8.00. The highest BCUT2D eigenvalue weighted by Crippen LogP contribution is 2.45. The summed E-state index contributed by atoms with van der Waals surface area (Å²) >= 11 is 0. The summed E-state index contributed by atoms with van der Waals surface area (Å²) in [4.78, 5) is 13.9. The molecule has 1 saturated heterocycles. The number of ether oxygens (including phenoxy) is 1. The van der Waals surface area contributed by atoms with E-state index in [-0.39, 0.29) is 19.6 Å². The molecule has 7 heteroatoms. The van der Waals surface area contributed by atoms with Gasteiger partial charge in [0.2, 0.25) is 0 Å².